The minimum Gasteiger partial charge on any atom is -0.289 e. The van der Waals surface area contributed by atoms with Crippen LogP contribution in [0.4, 0.5) is 0 Å². The molecule has 0 aliphatic carbocycles. The topological polar surface area (TPSA) is 17.1 Å². The van der Waals surface area contributed by atoms with Gasteiger partial charge >= 0.3 is 0 Å². The van der Waals surface area contributed by atoms with Crippen LogP contribution >= 0.6 is 0 Å². The summed E-state index contributed by atoms with van der Waals surface area (Å²) in [5.74, 6) is 0.0663. The zero-order chi connectivity index (χ0) is 17.5. The first kappa shape index (κ1) is 14.9. The number of carbonyl (C=O) groups excluding carboxylic acids is 1. The Kier molecular flexibility index (Phi) is 3.32. The summed E-state index contributed by atoms with van der Waals surface area (Å²) in [6.45, 7) is 0. The second kappa shape index (κ2) is 5.82. The monoisotopic (exact) mass is 332 g/mol. The number of ketones is 1. The highest BCUT2D eigenvalue weighted by Gasteiger charge is 2.16. The molecule has 122 valence electrons. The van der Waals surface area contributed by atoms with Crippen LogP contribution in [-0.2, 0) is 0 Å². The molecule has 0 radical (unpaired) electrons. The highest BCUT2D eigenvalue weighted by molar-refractivity contribution is 6.27. The van der Waals surface area contributed by atoms with Gasteiger partial charge in [0.25, 0.3) is 0 Å². The molecule has 0 aliphatic heterocycles. The van der Waals surface area contributed by atoms with Crippen molar-refractivity contribution in [1.29, 1.82) is 0 Å². The Morgan fingerprint density at radius 3 is 1.92 bits per heavy atom. The van der Waals surface area contributed by atoms with Crippen LogP contribution in [-0.4, -0.2) is 5.78 Å². The molecule has 5 aromatic rings. The first-order chi connectivity index (χ1) is 12.8. The Morgan fingerprint density at radius 2 is 1.15 bits per heavy atom. The number of fused-ring (bicyclic) bond motifs is 5. The van der Waals surface area contributed by atoms with Crippen molar-refractivity contribution in [3.63, 3.8) is 0 Å². The van der Waals surface area contributed by atoms with Gasteiger partial charge in [0.2, 0.25) is 0 Å². The van der Waals surface area contributed by atoms with E-state index in [-0.39, 0.29) is 5.78 Å². The van der Waals surface area contributed by atoms with Crippen molar-refractivity contribution in [1.82, 2.24) is 0 Å². The summed E-state index contributed by atoms with van der Waals surface area (Å²) in [6, 6.07) is 32.4. The van der Waals surface area contributed by atoms with Crippen molar-refractivity contribution in [2.75, 3.05) is 0 Å². The van der Waals surface area contributed by atoms with Crippen LogP contribution in [0, 0.1) is 0 Å². The summed E-state index contributed by atoms with van der Waals surface area (Å²) >= 11 is 0. The number of carbonyl (C=O) groups is 1. The van der Waals surface area contributed by atoms with Crippen molar-refractivity contribution in [2.45, 2.75) is 0 Å². The van der Waals surface area contributed by atoms with Gasteiger partial charge in [-0.1, -0.05) is 91.0 Å². The van der Waals surface area contributed by atoms with E-state index in [0.717, 1.165) is 27.3 Å². The van der Waals surface area contributed by atoms with Crippen molar-refractivity contribution >= 4 is 38.1 Å². The average Bonchev–Trinajstić information content (AvgIpc) is 2.73. The quantitative estimate of drug-likeness (QED) is 0.271. The maximum atomic E-state index is 13.2. The third-order valence-corrected chi connectivity index (χ3v) is 5.03. The van der Waals surface area contributed by atoms with Gasteiger partial charge in [-0.3, -0.25) is 4.79 Å². The predicted molar refractivity (Wildman–Crippen MR) is 109 cm³/mol. The number of benzene rings is 5. The van der Waals surface area contributed by atoms with Crippen LogP contribution in [0.15, 0.2) is 97.1 Å². The molecule has 0 saturated heterocycles. The van der Waals surface area contributed by atoms with Crippen LogP contribution < -0.4 is 0 Å². The summed E-state index contributed by atoms with van der Waals surface area (Å²) in [7, 11) is 0. The van der Waals surface area contributed by atoms with Gasteiger partial charge in [-0.05, 0) is 38.4 Å². The van der Waals surface area contributed by atoms with E-state index >= 15 is 0 Å². The van der Waals surface area contributed by atoms with Gasteiger partial charge in [-0.25, -0.2) is 0 Å². The summed E-state index contributed by atoms with van der Waals surface area (Å²) in [6.07, 6.45) is 0. The Morgan fingerprint density at radius 1 is 0.538 bits per heavy atom. The Balaban J connectivity index is 1.95. The van der Waals surface area contributed by atoms with Gasteiger partial charge < -0.3 is 0 Å². The largest absolute Gasteiger partial charge is 0.289 e. The predicted octanol–water partition coefficient (Wildman–Crippen LogP) is 6.38. The third-order valence-electron chi connectivity index (χ3n) is 5.03. The molecule has 0 N–H and O–H groups in total. The van der Waals surface area contributed by atoms with Crippen LogP contribution in [0.2, 0.25) is 0 Å². The lowest BCUT2D eigenvalue weighted by Gasteiger charge is -2.12. The lowest BCUT2D eigenvalue weighted by atomic mass is 9.90. The molecule has 5 rings (SSSR count). The maximum absolute atomic E-state index is 13.2. The van der Waals surface area contributed by atoms with E-state index in [2.05, 4.69) is 54.6 Å². The van der Waals surface area contributed by atoms with Gasteiger partial charge in [0, 0.05) is 11.1 Å². The Labute approximate surface area is 151 Å². The molecule has 0 heterocycles. The number of rotatable bonds is 2. The van der Waals surface area contributed by atoms with Gasteiger partial charge in [0.1, 0.15) is 0 Å². The van der Waals surface area contributed by atoms with E-state index in [0.29, 0.717) is 0 Å². The first-order valence-corrected chi connectivity index (χ1v) is 8.76. The van der Waals surface area contributed by atoms with E-state index in [9.17, 15) is 4.79 Å². The van der Waals surface area contributed by atoms with Gasteiger partial charge in [0.05, 0.1) is 0 Å². The zero-order valence-corrected chi connectivity index (χ0v) is 14.1. The summed E-state index contributed by atoms with van der Waals surface area (Å²) in [4.78, 5) is 13.2. The smallest absolute Gasteiger partial charge is 0.193 e. The van der Waals surface area contributed by atoms with Gasteiger partial charge in [0.15, 0.2) is 5.78 Å². The highest BCUT2D eigenvalue weighted by Crippen LogP contribution is 2.35. The fourth-order valence-electron chi connectivity index (χ4n) is 3.80. The van der Waals surface area contributed by atoms with E-state index in [1.165, 1.54) is 16.2 Å². The molecule has 0 saturated carbocycles. The van der Waals surface area contributed by atoms with Gasteiger partial charge in [-0.2, -0.15) is 0 Å². The molecule has 0 amide bonds. The van der Waals surface area contributed by atoms with Crippen LogP contribution in [0.5, 0.6) is 0 Å². The first-order valence-electron chi connectivity index (χ1n) is 8.76. The fraction of sp³-hybridized carbons (Fsp3) is 0. The van der Waals surface area contributed by atoms with Crippen molar-refractivity contribution in [3.8, 4) is 0 Å². The number of hydrogen-bond donors (Lipinski definition) is 0. The minimum absolute atomic E-state index is 0.0663. The maximum Gasteiger partial charge on any atom is 0.193 e. The van der Waals surface area contributed by atoms with Crippen LogP contribution in [0.3, 0.4) is 0 Å². The minimum atomic E-state index is 0.0663. The third kappa shape index (κ3) is 2.21. The van der Waals surface area contributed by atoms with E-state index in [1.54, 1.807) is 0 Å². The zero-order valence-electron chi connectivity index (χ0n) is 14.1. The molecule has 0 aromatic heterocycles. The summed E-state index contributed by atoms with van der Waals surface area (Å²) in [5, 5.41) is 6.81. The van der Waals surface area contributed by atoms with Crippen molar-refractivity contribution in [2.24, 2.45) is 0 Å². The van der Waals surface area contributed by atoms with Crippen LogP contribution in [0.25, 0.3) is 32.3 Å². The molecule has 5 aromatic carbocycles. The molecule has 1 heteroatoms. The highest BCUT2D eigenvalue weighted by atomic mass is 16.1. The average molecular weight is 332 g/mol. The molecule has 0 unspecified atom stereocenters. The Bertz CT molecular complexity index is 1270. The molecule has 26 heavy (non-hydrogen) atoms. The lowest BCUT2D eigenvalue weighted by molar-refractivity contribution is 0.104. The summed E-state index contributed by atoms with van der Waals surface area (Å²) in [5.41, 5.74) is 1.48. The van der Waals surface area contributed by atoms with E-state index in [1.807, 2.05) is 42.5 Å². The summed E-state index contributed by atoms with van der Waals surface area (Å²) < 4.78 is 0. The van der Waals surface area contributed by atoms with Crippen molar-refractivity contribution < 1.29 is 4.79 Å². The number of hydrogen-bond acceptors (Lipinski definition) is 1. The molecule has 1 nitrogen and oxygen atoms in total. The second-order valence-electron chi connectivity index (χ2n) is 6.55. The van der Waals surface area contributed by atoms with E-state index < -0.39 is 0 Å². The SMILES string of the molecule is O=C(c1ccccc1)c1cc2ccccc2c2c1ccc1ccccc12. The van der Waals surface area contributed by atoms with Crippen LogP contribution in [0.1, 0.15) is 15.9 Å². The van der Waals surface area contributed by atoms with E-state index in [4.69, 9.17) is 0 Å². The fourth-order valence-corrected chi connectivity index (χ4v) is 3.80. The molecular weight excluding hydrogens is 316 g/mol. The van der Waals surface area contributed by atoms with Crippen molar-refractivity contribution in [3.05, 3.63) is 108 Å². The molecule has 0 spiro atoms. The molecular formula is C25H16O. The normalized spacial score (nSPS) is 11.2. The van der Waals surface area contributed by atoms with Gasteiger partial charge in [-0.15, -0.1) is 0 Å². The Hall–Kier alpha value is -3.45. The molecule has 0 atom stereocenters. The molecule has 0 bridgehead atoms. The lowest BCUT2D eigenvalue weighted by Crippen LogP contribution is -2.02. The molecule has 0 aliphatic rings. The molecule has 0 fully saturated rings. The standard InChI is InChI=1S/C25H16O/c26-25(18-9-2-1-3-10-18)23-16-19-11-5-7-13-21(19)24-20-12-6-4-8-17(20)14-15-22(23)24/h1-16H. The second-order valence-corrected chi connectivity index (χ2v) is 6.55.